The van der Waals surface area contributed by atoms with E-state index in [4.69, 9.17) is 5.73 Å². The fourth-order valence-corrected chi connectivity index (χ4v) is 3.75. The van der Waals surface area contributed by atoms with Gasteiger partial charge in [0.15, 0.2) is 0 Å². The molecule has 0 spiro atoms. The van der Waals surface area contributed by atoms with Crippen LogP contribution >= 0.6 is 0 Å². The van der Waals surface area contributed by atoms with Gasteiger partial charge in [0.25, 0.3) is 0 Å². The lowest BCUT2D eigenvalue weighted by Gasteiger charge is -2.32. The maximum absolute atomic E-state index is 12.2. The summed E-state index contributed by atoms with van der Waals surface area (Å²) >= 11 is 0. The molecule has 1 fully saturated rings. The second-order valence-electron chi connectivity index (χ2n) is 5.04. The number of nitrogen functional groups attached to an aromatic ring is 1. The SMILES string of the molecule is CN1CCCCC1CCS(=O)c1cccc(N)c1. The standard InChI is InChI=1S/C14H22N2OS/c1-16-9-3-2-6-13(16)8-10-18(17)14-7-4-5-12(15)11-14/h4-5,7,11,13H,2-3,6,8-10,15H2,1H3. The van der Waals surface area contributed by atoms with Gasteiger partial charge in [-0.1, -0.05) is 12.5 Å². The van der Waals surface area contributed by atoms with E-state index >= 15 is 0 Å². The highest BCUT2D eigenvalue weighted by Crippen LogP contribution is 2.19. The smallest absolute Gasteiger partial charge is 0.0530 e. The molecule has 1 aromatic rings. The molecule has 0 amide bonds. The van der Waals surface area contributed by atoms with Crippen molar-refractivity contribution >= 4 is 16.5 Å². The second kappa shape index (κ2) is 6.34. The number of nitrogens with zero attached hydrogens (tertiary/aromatic N) is 1. The molecule has 1 aromatic carbocycles. The highest BCUT2D eigenvalue weighted by atomic mass is 32.2. The van der Waals surface area contributed by atoms with Gasteiger partial charge < -0.3 is 10.6 Å². The summed E-state index contributed by atoms with van der Waals surface area (Å²) < 4.78 is 12.2. The summed E-state index contributed by atoms with van der Waals surface area (Å²) in [7, 11) is 1.26. The van der Waals surface area contributed by atoms with Crippen molar-refractivity contribution in [3.8, 4) is 0 Å². The Morgan fingerprint density at radius 1 is 1.44 bits per heavy atom. The molecular formula is C14H22N2OS. The number of anilines is 1. The molecule has 2 N–H and O–H groups in total. The van der Waals surface area contributed by atoms with Gasteiger partial charge in [0, 0.05) is 22.4 Å². The Morgan fingerprint density at radius 2 is 2.28 bits per heavy atom. The van der Waals surface area contributed by atoms with Crippen molar-refractivity contribution in [2.75, 3.05) is 25.1 Å². The van der Waals surface area contributed by atoms with E-state index in [1.165, 1.54) is 25.8 Å². The summed E-state index contributed by atoms with van der Waals surface area (Å²) in [5, 5.41) is 0. The number of hydrogen-bond donors (Lipinski definition) is 1. The minimum absolute atomic E-state index is 0.601. The zero-order valence-corrected chi connectivity index (χ0v) is 11.8. The molecule has 18 heavy (non-hydrogen) atoms. The maximum atomic E-state index is 12.2. The normalized spacial score (nSPS) is 22.8. The summed E-state index contributed by atoms with van der Waals surface area (Å²) in [6.07, 6.45) is 4.85. The van der Waals surface area contributed by atoms with Crippen molar-refractivity contribution in [1.29, 1.82) is 0 Å². The number of nitrogens with two attached hydrogens (primary N) is 1. The van der Waals surface area contributed by atoms with Gasteiger partial charge in [0.1, 0.15) is 0 Å². The minimum atomic E-state index is -0.917. The molecule has 0 bridgehead atoms. The summed E-state index contributed by atoms with van der Waals surface area (Å²) in [4.78, 5) is 3.26. The molecule has 0 saturated carbocycles. The number of piperidine rings is 1. The Labute approximate surface area is 112 Å². The van der Waals surface area contributed by atoms with Gasteiger partial charge in [-0.05, 0) is 51.1 Å². The van der Waals surface area contributed by atoms with Crippen LogP contribution in [0.2, 0.25) is 0 Å². The van der Waals surface area contributed by atoms with E-state index in [9.17, 15) is 4.21 Å². The Morgan fingerprint density at radius 3 is 3.00 bits per heavy atom. The van der Waals surface area contributed by atoms with Crippen molar-refractivity contribution in [3.63, 3.8) is 0 Å². The Hall–Kier alpha value is -0.870. The molecule has 100 valence electrons. The highest BCUT2D eigenvalue weighted by Gasteiger charge is 2.19. The Bertz CT molecular complexity index is 422. The molecular weight excluding hydrogens is 244 g/mol. The number of hydrogen-bond acceptors (Lipinski definition) is 3. The highest BCUT2D eigenvalue weighted by molar-refractivity contribution is 7.85. The van der Waals surface area contributed by atoms with Crippen LogP contribution in [0, 0.1) is 0 Å². The van der Waals surface area contributed by atoms with Crippen molar-refractivity contribution < 1.29 is 4.21 Å². The molecule has 2 rings (SSSR count). The van der Waals surface area contributed by atoms with Crippen LogP contribution in [0.1, 0.15) is 25.7 Å². The minimum Gasteiger partial charge on any atom is -0.399 e. The van der Waals surface area contributed by atoms with E-state index in [-0.39, 0.29) is 0 Å². The molecule has 2 unspecified atom stereocenters. The average molecular weight is 266 g/mol. The lowest BCUT2D eigenvalue weighted by Crippen LogP contribution is -2.37. The zero-order chi connectivity index (χ0) is 13.0. The molecule has 2 atom stereocenters. The topological polar surface area (TPSA) is 46.3 Å². The molecule has 1 heterocycles. The third-order valence-electron chi connectivity index (χ3n) is 3.68. The molecule has 0 aromatic heterocycles. The predicted octanol–water partition coefficient (Wildman–Crippen LogP) is 2.25. The fourth-order valence-electron chi connectivity index (χ4n) is 2.53. The molecule has 1 aliphatic rings. The van der Waals surface area contributed by atoms with Crippen LogP contribution in [0.4, 0.5) is 5.69 Å². The zero-order valence-electron chi connectivity index (χ0n) is 11.0. The van der Waals surface area contributed by atoms with E-state index in [1.807, 2.05) is 24.3 Å². The van der Waals surface area contributed by atoms with E-state index in [0.29, 0.717) is 11.7 Å². The van der Waals surface area contributed by atoms with Gasteiger partial charge in [-0.2, -0.15) is 0 Å². The third-order valence-corrected chi connectivity index (χ3v) is 5.07. The first-order chi connectivity index (χ1) is 8.66. The summed E-state index contributed by atoms with van der Waals surface area (Å²) in [6, 6.07) is 8.02. The fraction of sp³-hybridized carbons (Fsp3) is 0.571. The van der Waals surface area contributed by atoms with Crippen LogP contribution in [-0.2, 0) is 10.8 Å². The van der Waals surface area contributed by atoms with Gasteiger partial charge in [-0.3, -0.25) is 4.21 Å². The average Bonchev–Trinajstić information content (AvgIpc) is 2.37. The quantitative estimate of drug-likeness (QED) is 0.850. The van der Waals surface area contributed by atoms with Gasteiger partial charge >= 0.3 is 0 Å². The van der Waals surface area contributed by atoms with Crippen LogP contribution in [0.5, 0.6) is 0 Å². The van der Waals surface area contributed by atoms with Crippen molar-refractivity contribution in [2.45, 2.75) is 36.6 Å². The van der Waals surface area contributed by atoms with Crippen molar-refractivity contribution in [2.24, 2.45) is 0 Å². The van der Waals surface area contributed by atoms with E-state index in [2.05, 4.69) is 11.9 Å². The number of benzene rings is 1. The first-order valence-corrected chi connectivity index (χ1v) is 7.93. The lowest BCUT2D eigenvalue weighted by molar-refractivity contribution is 0.182. The molecule has 1 aliphatic heterocycles. The van der Waals surface area contributed by atoms with E-state index < -0.39 is 10.8 Å². The summed E-state index contributed by atoms with van der Waals surface area (Å²) in [5.74, 6) is 0.735. The Kier molecular flexibility index (Phi) is 4.78. The maximum Gasteiger partial charge on any atom is 0.0530 e. The number of likely N-dealkylation sites (tertiary alicyclic amines) is 1. The lowest BCUT2D eigenvalue weighted by atomic mass is 10.0. The monoisotopic (exact) mass is 266 g/mol. The van der Waals surface area contributed by atoms with Crippen LogP contribution in [0.25, 0.3) is 0 Å². The van der Waals surface area contributed by atoms with Crippen LogP contribution < -0.4 is 5.73 Å². The van der Waals surface area contributed by atoms with Crippen LogP contribution in [0.15, 0.2) is 29.2 Å². The van der Waals surface area contributed by atoms with Gasteiger partial charge in [-0.15, -0.1) is 0 Å². The molecule has 1 saturated heterocycles. The molecule has 3 nitrogen and oxygen atoms in total. The van der Waals surface area contributed by atoms with Gasteiger partial charge in [-0.25, -0.2) is 0 Å². The van der Waals surface area contributed by atoms with Crippen molar-refractivity contribution in [3.05, 3.63) is 24.3 Å². The second-order valence-corrected chi connectivity index (χ2v) is 6.61. The van der Waals surface area contributed by atoms with E-state index in [1.54, 1.807) is 0 Å². The first kappa shape index (κ1) is 13.6. The Balaban J connectivity index is 1.88. The van der Waals surface area contributed by atoms with Crippen LogP contribution in [-0.4, -0.2) is 34.5 Å². The number of rotatable bonds is 4. The largest absolute Gasteiger partial charge is 0.399 e. The molecule has 0 radical (unpaired) electrons. The first-order valence-electron chi connectivity index (χ1n) is 6.61. The molecule has 0 aliphatic carbocycles. The third kappa shape index (κ3) is 3.56. The molecule has 4 heteroatoms. The summed E-state index contributed by atoms with van der Waals surface area (Å²) in [6.45, 7) is 1.18. The summed E-state index contributed by atoms with van der Waals surface area (Å²) in [5.41, 5.74) is 6.41. The predicted molar refractivity (Wildman–Crippen MR) is 77.0 cm³/mol. The van der Waals surface area contributed by atoms with Gasteiger partial charge in [0.2, 0.25) is 0 Å². The van der Waals surface area contributed by atoms with E-state index in [0.717, 1.165) is 17.1 Å². The van der Waals surface area contributed by atoms with Gasteiger partial charge in [0.05, 0.1) is 10.8 Å². The van der Waals surface area contributed by atoms with Crippen molar-refractivity contribution in [1.82, 2.24) is 4.90 Å². The van der Waals surface area contributed by atoms with Crippen LogP contribution in [0.3, 0.4) is 0 Å².